The zero-order valence-corrected chi connectivity index (χ0v) is 11.0. The maximum atomic E-state index is 12.7. The van der Waals surface area contributed by atoms with Gasteiger partial charge in [-0.3, -0.25) is 0 Å². The third-order valence-electron chi connectivity index (χ3n) is 2.40. The summed E-state index contributed by atoms with van der Waals surface area (Å²) in [5, 5.41) is 0.112. The smallest absolute Gasteiger partial charge is 0.205 e. The molecule has 0 unspecified atom stereocenters. The third-order valence-corrected chi connectivity index (χ3v) is 3.31. The van der Waals surface area contributed by atoms with Gasteiger partial charge < -0.3 is 0 Å². The zero-order chi connectivity index (χ0) is 12.4. The molecule has 2 aromatic rings. The molecule has 0 amide bonds. The van der Waals surface area contributed by atoms with Crippen LogP contribution in [0.15, 0.2) is 46.9 Å². The Morgan fingerprint density at radius 1 is 1.06 bits per heavy atom. The van der Waals surface area contributed by atoms with Crippen LogP contribution in [0.5, 0.6) is 0 Å². The van der Waals surface area contributed by atoms with Gasteiger partial charge in [-0.2, -0.15) is 0 Å². The third kappa shape index (κ3) is 2.67. The van der Waals surface area contributed by atoms with Gasteiger partial charge in [-0.15, -0.1) is 0 Å². The van der Waals surface area contributed by atoms with Gasteiger partial charge in [0.1, 0.15) is 0 Å². The lowest BCUT2D eigenvalue weighted by atomic mass is 10.0. The van der Waals surface area contributed by atoms with E-state index in [4.69, 9.17) is 11.6 Å². The molecule has 0 aliphatic carbocycles. The molecule has 0 nitrogen and oxygen atoms in total. The zero-order valence-electron chi connectivity index (χ0n) is 8.63. The van der Waals surface area contributed by atoms with Gasteiger partial charge in [0.2, 0.25) is 0 Å². The minimum atomic E-state index is -2.56. The van der Waals surface area contributed by atoms with Crippen molar-refractivity contribution in [2.24, 2.45) is 0 Å². The molecule has 0 saturated heterocycles. The van der Waals surface area contributed by atoms with Crippen LogP contribution in [-0.2, 0) is 0 Å². The molecule has 0 aliphatic rings. The van der Waals surface area contributed by atoms with Gasteiger partial charge in [-0.25, -0.2) is 8.78 Å². The summed E-state index contributed by atoms with van der Waals surface area (Å²) < 4.78 is 26.3. The van der Waals surface area contributed by atoms with Gasteiger partial charge in [0.15, 0.2) is 0 Å². The normalized spacial score (nSPS) is 10.9. The van der Waals surface area contributed by atoms with Gasteiger partial charge in [-0.1, -0.05) is 57.9 Å². The molecule has 2 aromatic carbocycles. The second-order valence-corrected chi connectivity index (χ2v) is 4.81. The summed E-state index contributed by atoms with van der Waals surface area (Å²) in [5.74, 6) is 0. The average Bonchev–Trinajstić information content (AvgIpc) is 2.29. The molecule has 0 N–H and O–H groups in total. The fourth-order valence-corrected chi connectivity index (χ4v) is 2.31. The fraction of sp³-hybridized carbons (Fsp3) is 0.0769. The molecule has 4 heteroatoms. The minimum absolute atomic E-state index is 0.112. The van der Waals surface area contributed by atoms with E-state index in [-0.39, 0.29) is 10.6 Å². The van der Waals surface area contributed by atoms with Crippen LogP contribution in [0, 0.1) is 0 Å². The lowest BCUT2D eigenvalue weighted by molar-refractivity contribution is 0.151. The maximum Gasteiger partial charge on any atom is 0.265 e. The monoisotopic (exact) mass is 316 g/mol. The molecule has 0 bridgehead atoms. The topological polar surface area (TPSA) is 0 Å². The van der Waals surface area contributed by atoms with Crippen LogP contribution in [0.2, 0.25) is 5.02 Å². The quantitative estimate of drug-likeness (QED) is 0.666. The Hall–Kier alpha value is -0.930. The summed E-state index contributed by atoms with van der Waals surface area (Å²) in [6, 6.07) is 12.0. The number of hydrogen-bond acceptors (Lipinski definition) is 0. The number of rotatable bonds is 2. The van der Waals surface area contributed by atoms with E-state index in [9.17, 15) is 8.78 Å². The van der Waals surface area contributed by atoms with Crippen molar-refractivity contribution in [2.75, 3.05) is 0 Å². The highest BCUT2D eigenvalue weighted by Crippen LogP contribution is 2.36. The Labute approximate surface area is 111 Å². The van der Waals surface area contributed by atoms with Crippen LogP contribution in [0.1, 0.15) is 12.0 Å². The Bertz CT molecular complexity index is 541. The highest BCUT2D eigenvalue weighted by atomic mass is 79.9. The Morgan fingerprint density at radius 3 is 2.41 bits per heavy atom. The number of benzene rings is 2. The number of hydrogen-bond donors (Lipinski definition) is 0. The molecule has 0 aromatic heterocycles. The highest BCUT2D eigenvalue weighted by Gasteiger charge is 2.15. The van der Waals surface area contributed by atoms with E-state index in [1.54, 1.807) is 12.1 Å². The van der Waals surface area contributed by atoms with Crippen molar-refractivity contribution in [1.82, 2.24) is 0 Å². The van der Waals surface area contributed by atoms with Crippen LogP contribution in [0.25, 0.3) is 11.1 Å². The summed E-state index contributed by atoms with van der Waals surface area (Å²) in [6.45, 7) is 0. The molecule has 17 heavy (non-hydrogen) atoms. The number of halogens is 4. The summed E-state index contributed by atoms with van der Waals surface area (Å²) in [5.41, 5.74) is 1.29. The minimum Gasteiger partial charge on any atom is -0.205 e. The Morgan fingerprint density at radius 2 is 1.76 bits per heavy atom. The van der Waals surface area contributed by atoms with E-state index in [0.717, 1.165) is 10.0 Å². The van der Waals surface area contributed by atoms with Crippen molar-refractivity contribution < 1.29 is 8.78 Å². The van der Waals surface area contributed by atoms with Gasteiger partial charge in [-0.05, 0) is 17.7 Å². The molecule has 2 rings (SSSR count). The molecule has 0 heterocycles. The predicted molar refractivity (Wildman–Crippen MR) is 69.5 cm³/mol. The van der Waals surface area contributed by atoms with Gasteiger partial charge in [0.25, 0.3) is 6.43 Å². The summed E-state index contributed by atoms with van der Waals surface area (Å²) in [6.07, 6.45) is -2.56. The first-order valence-corrected chi connectivity index (χ1v) is 6.09. The van der Waals surface area contributed by atoms with Crippen LogP contribution < -0.4 is 0 Å². The summed E-state index contributed by atoms with van der Waals surface area (Å²) in [4.78, 5) is 0. The largest absolute Gasteiger partial charge is 0.265 e. The lowest BCUT2D eigenvalue weighted by Gasteiger charge is -2.09. The van der Waals surface area contributed by atoms with Crippen molar-refractivity contribution in [3.63, 3.8) is 0 Å². The molecular weight excluding hydrogens is 309 g/mol. The lowest BCUT2D eigenvalue weighted by Crippen LogP contribution is -1.89. The second kappa shape index (κ2) is 5.15. The van der Waals surface area contributed by atoms with E-state index < -0.39 is 6.43 Å². The first-order valence-electron chi connectivity index (χ1n) is 4.92. The average molecular weight is 318 g/mol. The van der Waals surface area contributed by atoms with E-state index in [2.05, 4.69) is 15.9 Å². The SMILES string of the molecule is FC(F)c1cccc(-c2cccc(Br)c2)c1Cl. The summed E-state index contributed by atoms with van der Waals surface area (Å²) in [7, 11) is 0. The van der Waals surface area contributed by atoms with Crippen molar-refractivity contribution in [2.45, 2.75) is 6.43 Å². The van der Waals surface area contributed by atoms with Crippen molar-refractivity contribution in [3.05, 3.63) is 57.5 Å². The van der Waals surface area contributed by atoms with E-state index >= 15 is 0 Å². The molecule has 0 fully saturated rings. The van der Waals surface area contributed by atoms with Crippen LogP contribution in [-0.4, -0.2) is 0 Å². The Balaban J connectivity index is 2.57. The van der Waals surface area contributed by atoms with Crippen LogP contribution >= 0.6 is 27.5 Å². The predicted octanol–water partition coefficient (Wildman–Crippen LogP) is 5.71. The van der Waals surface area contributed by atoms with Crippen molar-refractivity contribution in [3.8, 4) is 11.1 Å². The highest BCUT2D eigenvalue weighted by molar-refractivity contribution is 9.10. The van der Waals surface area contributed by atoms with E-state index in [1.165, 1.54) is 6.07 Å². The fourth-order valence-electron chi connectivity index (χ4n) is 1.60. The Kier molecular flexibility index (Phi) is 3.79. The molecule has 0 saturated carbocycles. The van der Waals surface area contributed by atoms with Crippen LogP contribution in [0.4, 0.5) is 8.78 Å². The second-order valence-electron chi connectivity index (χ2n) is 3.52. The molecule has 0 aliphatic heterocycles. The van der Waals surface area contributed by atoms with Gasteiger partial charge >= 0.3 is 0 Å². The molecule has 0 spiro atoms. The van der Waals surface area contributed by atoms with E-state index in [1.807, 2.05) is 24.3 Å². The maximum absolute atomic E-state index is 12.7. The van der Waals surface area contributed by atoms with E-state index in [0.29, 0.717) is 5.56 Å². The molecule has 88 valence electrons. The van der Waals surface area contributed by atoms with Crippen molar-refractivity contribution in [1.29, 1.82) is 0 Å². The summed E-state index contributed by atoms with van der Waals surface area (Å²) >= 11 is 9.34. The number of alkyl halides is 2. The van der Waals surface area contributed by atoms with Crippen LogP contribution in [0.3, 0.4) is 0 Å². The first-order chi connectivity index (χ1) is 8.09. The molecular formula is C13H8BrClF2. The standard InChI is InChI=1S/C13H8BrClF2/c14-9-4-1-3-8(7-9)10-5-2-6-11(12(10)15)13(16)17/h1-7,13H. The van der Waals surface area contributed by atoms with Crippen molar-refractivity contribution >= 4 is 27.5 Å². The van der Waals surface area contributed by atoms with Gasteiger partial charge in [0.05, 0.1) is 5.02 Å². The molecule has 0 radical (unpaired) electrons. The van der Waals surface area contributed by atoms with Gasteiger partial charge in [0, 0.05) is 15.6 Å². The molecule has 0 atom stereocenters. The first kappa shape index (κ1) is 12.5.